The number of aliphatic hydroxyl groups is 1. The van der Waals surface area contributed by atoms with E-state index < -0.39 is 0 Å². The summed E-state index contributed by atoms with van der Waals surface area (Å²) in [5, 5.41) is 20.3. The largest absolute Gasteiger partial charge is 0.388 e. The molecule has 0 radical (unpaired) electrons. The number of hydrogen-bond donors (Lipinski definition) is 2. The van der Waals surface area contributed by atoms with Gasteiger partial charge in [-0.15, -0.1) is 11.3 Å². The molecule has 4 nitrogen and oxygen atoms in total. The van der Waals surface area contributed by atoms with Gasteiger partial charge in [0.2, 0.25) is 0 Å². The summed E-state index contributed by atoms with van der Waals surface area (Å²) < 4.78 is 1.99. The number of aryl methyl sites for hydroxylation is 1. The number of aliphatic hydroxyl groups excluding tert-OH is 1. The molecule has 1 aliphatic rings. The van der Waals surface area contributed by atoms with E-state index in [-0.39, 0.29) is 12.1 Å². The molecule has 5 heteroatoms. The van der Waals surface area contributed by atoms with Crippen LogP contribution in [0.3, 0.4) is 0 Å². The zero-order valence-corrected chi connectivity index (χ0v) is 13.4. The summed E-state index contributed by atoms with van der Waals surface area (Å²) >= 11 is 1.62. The van der Waals surface area contributed by atoms with Crippen LogP contribution in [0.1, 0.15) is 54.5 Å². The van der Waals surface area contributed by atoms with Crippen LogP contribution in [0.15, 0.2) is 23.7 Å². The third-order valence-corrected chi connectivity index (χ3v) is 5.28. The number of hydrogen-bond acceptors (Lipinski definition) is 4. The van der Waals surface area contributed by atoms with Gasteiger partial charge in [-0.25, -0.2) is 0 Å². The molecule has 0 aromatic carbocycles. The number of nitrogens with zero attached hydrogens (tertiary/aromatic N) is 2. The predicted octanol–water partition coefficient (Wildman–Crippen LogP) is 2.96. The van der Waals surface area contributed by atoms with E-state index in [2.05, 4.69) is 17.3 Å². The SMILES string of the molecule is CC(CC(O)c1cccs1)NC1CCCc2c1cnn2C. The standard InChI is InChI=1S/C16H23N3OS/c1-11(9-15(20)16-7-4-8-21-16)18-13-5-3-6-14-12(13)10-17-19(14)2/h4,7-8,10-11,13,15,18,20H,3,5-6,9H2,1-2H3. The van der Waals surface area contributed by atoms with Gasteiger partial charge in [-0.2, -0.15) is 5.10 Å². The summed E-state index contributed by atoms with van der Waals surface area (Å²) in [6.07, 6.45) is 5.84. The van der Waals surface area contributed by atoms with Gasteiger partial charge in [0.25, 0.3) is 0 Å². The minimum absolute atomic E-state index is 0.276. The molecule has 3 unspecified atom stereocenters. The molecule has 0 saturated carbocycles. The third kappa shape index (κ3) is 3.20. The molecule has 21 heavy (non-hydrogen) atoms. The second kappa shape index (κ2) is 6.30. The van der Waals surface area contributed by atoms with Crippen molar-refractivity contribution < 1.29 is 5.11 Å². The molecule has 0 fully saturated rings. The van der Waals surface area contributed by atoms with Gasteiger partial charge in [-0.3, -0.25) is 4.68 Å². The van der Waals surface area contributed by atoms with Crippen LogP contribution in [0, 0.1) is 0 Å². The molecule has 0 bridgehead atoms. The van der Waals surface area contributed by atoms with E-state index in [0.717, 1.165) is 24.1 Å². The van der Waals surface area contributed by atoms with Crippen molar-refractivity contribution in [3.05, 3.63) is 39.8 Å². The first-order valence-corrected chi connectivity index (χ1v) is 8.51. The number of thiophene rings is 1. The zero-order chi connectivity index (χ0) is 14.8. The first-order chi connectivity index (χ1) is 10.1. The van der Waals surface area contributed by atoms with Gasteiger partial charge in [0.15, 0.2) is 0 Å². The van der Waals surface area contributed by atoms with Gasteiger partial charge in [-0.1, -0.05) is 6.07 Å². The Morgan fingerprint density at radius 1 is 1.57 bits per heavy atom. The lowest BCUT2D eigenvalue weighted by Gasteiger charge is -2.28. The third-order valence-electron chi connectivity index (χ3n) is 4.31. The first-order valence-electron chi connectivity index (χ1n) is 7.63. The van der Waals surface area contributed by atoms with Crippen LogP contribution in [0.5, 0.6) is 0 Å². The normalized spacial score (nSPS) is 21.0. The van der Waals surface area contributed by atoms with E-state index >= 15 is 0 Å². The maximum Gasteiger partial charge on any atom is 0.0896 e. The van der Waals surface area contributed by atoms with Crippen LogP contribution in [0.4, 0.5) is 0 Å². The van der Waals surface area contributed by atoms with E-state index in [0.29, 0.717) is 6.04 Å². The van der Waals surface area contributed by atoms with Crippen LogP contribution in [-0.2, 0) is 13.5 Å². The van der Waals surface area contributed by atoms with Crippen LogP contribution in [0.25, 0.3) is 0 Å². The summed E-state index contributed by atoms with van der Waals surface area (Å²) in [4.78, 5) is 1.05. The summed E-state index contributed by atoms with van der Waals surface area (Å²) in [6.45, 7) is 2.15. The van der Waals surface area contributed by atoms with Crippen LogP contribution < -0.4 is 5.32 Å². The van der Waals surface area contributed by atoms with E-state index in [9.17, 15) is 5.11 Å². The van der Waals surface area contributed by atoms with Gasteiger partial charge in [0.1, 0.15) is 0 Å². The Labute approximate surface area is 129 Å². The highest BCUT2D eigenvalue weighted by Crippen LogP contribution is 2.30. The molecule has 0 spiro atoms. The predicted molar refractivity (Wildman–Crippen MR) is 85.4 cm³/mol. The summed E-state index contributed by atoms with van der Waals surface area (Å²) in [5.41, 5.74) is 2.69. The number of aromatic nitrogens is 2. The Morgan fingerprint density at radius 2 is 2.43 bits per heavy atom. The highest BCUT2D eigenvalue weighted by Gasteiger charge is 2.25. The maximum absolute atomic E-state index is 10.3. The van der Waals surface area contributed by atoms with Gasteiger partial charge in [0, 0.05) is 35.3 Å². The van der Waals surface area contributed by atoms with Crippen molar-refractivity contribution in [2.45, 2.75) is 50.8 Å². The van der Waals surface area contributed by atoms with E-state index in [1.54, 1.807) is 11.3 Å². The fraction of sp³-hybridized carbons (Fsp3) is 0.562. The molecular weight excluding hydrogens is 282 g/mol. The van der Waals surface area contributed by atoms with Crippen molar-refractivity contribution in [2.75, 3.05) is 0 Å². The Hall–Kier alpha value is -1.17. The number of fused-ring (bicyclic) bond motifs is 1. The highest BCUT2D eigenvalue weighted by molar-refractivity contribution is 7.10. The monoisotopic (exact) mass is 305 g/mol. The second-order valence-corrected chi connectivity index (χ2v) is 6.93. The zero-order valence-electron chi connectivity index (χ0n) is 12.6. The summed E-state index contributed by atoms with van der Waals surface area (Å²) in [5.74, 6) is 0. The molecule has 2 heterocycles. The highest BCUT2D eigenvalue weighted by atomic mass is 32.1. The maximum atomic E-state index is 10.3. The number of nitrogens with one attached hydrogen (secondary N) is 1. The first kappa shape index (κ1) is 14.8. The molecule has 2 N–H and O–H groups in total. The van der Waals surface area contributed by atoms with Crippen molar-refractivity contribution >= 4 is 11.3 Å². The average Bonchev–Trinajstić information content (AvgIpc) is 3.10. The average molecular weight is 305 g/mol. The van der Waals surface area contributed by atoms with Crippen LogP contribution in [0.2, 0.25) is 0 Å². The van der Waals surface area contributed by atoms with Gasteiger partial charge >= 0.3 is 0 Å². The molecule has 3 rings (SSSR count). The van der Waals surface area contributed by atoms with Crippen molar-refractivity contribution in [2.24, 2.45) is 7.05 Å². The quantitative estimate of drug-likeness (QED) is 0.893. The van der Waals surface area contributed by atoms with Crippen molar-refractivity contribution in [3.8, 4) is 0 Å². The second-order valence-electron chi connectivity index (χ2n) is 5.95. The number of rotatable bonds is 5. The van der Waals surface area contributed by atoms with Gasteiger partial charge in [-0.05, 0) is 44.1 Å². The van der Waals surface area contributed by atoms with E-state index in [1.807, 2.05) is 35.4 Å². The smallest absolute Gasteiger partial charge is 0.0896 e. The van der Waals surface area contributed by atoms with Crippen molar-refractivity contribution in [3.63, 3.8) is 0 Å². The minimum Gasteiger partial charge on any atom is -0.388 e. The molecule has 0 amide bonds. The fourth-order valence-electron chi connectivity index (χ4n) is 3.22. The fourth-order valence-corrected chi connectivity index (χ4v) is 3.95. The van der Waals surface area contributed by atoms with E-state index in [4.69, 9.17) is 0 Å². The van der Waals surface area contributed by atoms with Gasteiger partial charge in [0.05, 0.1) is 12.3 Å². The summed E-state index contributed by atoms with van der Waals surface area (Å²) in [6, 6.07) is 4.64. The minimum atomic E-state index is -0.371. The Bertz CT molecular complexity index is 578. The van der Waals surface area contributed by atoms with Crippen molar-refractivity contribution in [1.82, 2.24) is 15.1 Å². The van der Waals surface area contributed by atoms with E-state index in [1.165, 1.54) is 17.7 Å². The van der Waals surface area contributed by atoms with Crippen LogP contribution in [-0.4, -0.2) is 20.9 Å². The molecule has 1 aliphatic carbocycles. The Kier molecular flexibility index (Phi) is 4.42. The van der Waals surface area contributed by atoms with Crippen molar-refractivity contribution in [1.29, 1.82) is 0 Å². The molecule has 114 valence electrons. The topological polar surface area (TPSA) is 50.1 Å². The molecule has 2 aromatic heterocycles. The molecule has 2 aromatic rings. The molecule has 3 atom stereocenters. The van der Waals surface area contributed by atoms with Gasteiger partial charge < -0.3 is 10.4 Å². The Morgan fingerprint density at radius 3 is 3.19 bits per heavy atom. The Balaban J connectivity index is 1.62. The van der Waals surface area contributed by atoms with Crippen LogP contribution >= 0.6 is 11.3 Å². The lowest BCUT2D eigenvalue weighted by molar-refractivity contribution is 0.154. The molecule has 0 saturated heterocycles. The lowest BCUT2D eigenvalue weighted by Crippen LogP contribution is -2.33. The molecule has 0 aliphatic heterocycles. The lowest BCUT2D eigenvalue weighted by atomic mass is 9.92. The molecular formula is C16H23N3OS. The summed E-state index contributed by atoms with van der Waals surface area (Å²) in [7, 11) is 2.02.